The number of aromatic nitrogens is 1. The highest BCUT2D eigenvalue weighted by atomic mass is 19.4. The Kier molecular flexibility index (Phi) is 4.28. The molecule has 2 heterocycles. The number of alkyl halides is 3. The van der Waals surface area contributed by atoms with Crippen molar-refractivity contribution < 1.29 is 22.7 Å². The number of methoxy groups -OCH3 is 1. The SMILES string of the molecule is COC(C(=O)N1Cc2cccnc2C1)c1ccccc1C(F)(F)F. The summed E-state index contributed by atoms with van der Waals surface area (Å²) in [7, 11) is 1.23. The predicted octanol–water partition coefficient (Wildman–Crippen LogP) is 3.33. The van der Waals surface area contributed by atoms with Gasteiger partial charge in [-0.05, 0) is 17.7 Å². The van der Waals surface area contributed by atoms with Crippen LogP contribution in [-0.4, -0.2) is 22.9 Å². The molecule has 0 aliphatic carbocycles. The normalized spacial score (nSPS) is 15.2. The van der Waals surface area contributed by atoms with Crippen LogP contribution >= 0.6 is 0 Å². The van der Waals surface area contributed by atoms with Gasteiger partial charge in [0.15, 0.2) is 6.10 Å². The number of nitrogens with zero attached hydrogens (tertiary/aromatic N) is 2. The molecule has 0 fully saturated rings. The second kappa shape index (κ2) is 6.24. The first-order valence-electron chi connectivity index (χ1n) is 7.32. The van der Waals surface area contributed by atoms with Crippen LogP contribution in [0.15, 0.2) is 42.6 Å². The first kappa shape index (κ1) is 16.4. The summed E-state index contributed by atoms with van der Waals surface area (Å²) in [6.07, 6.45) is -4.24. The van der Waals surface area contributed by atoms with Crippen LogP contribution < -0.4 is 0 Å². The maximum atomic E-state index is 13.2. The van der Waals surface area contributed by atoms with Crippen LogP contribution in [0.5, 0.6) is 0 Å². The molecule has 4 nitrogen and oxygen atoms in total. The Morgan fingerprint density at radius 2 is 1.96 bits per heavy atom. The van der Waals surface area contributed by atoms with Gasteiger partial charge in [0.05, 0.1) is 17.8 Å². The molecule has 1 atom stereocenters. The first-order valence-corrected chi connectivity index (χ1v) is 7.32. The van der Waals surface area contributed by atoms with E-state index in [1.165, 1.54) is 30.2 Å². The molecule has 1 aliphatic rings. The topological polar surface area (TPSA) is 42.4 Å². The quantitative estimate of drug-likeness (QED) is 0.863. The number of hydrogen-bond acceptors (Lipinski definition) is 3. The van der Waals surface area contributed by atoms with Gasteiger partial charge in [0.1, 0.15) is 0 Å². The van der Waals surface area contributed by atoms with Crippen LogP contribution in [0.3, 0.4) is 0 Å². The van der Waals surface area contributed by atoms with Crippen molar-refractivity contribution in [1.29, 1.82) is 0 Å². The van der Waals surface area contributed by atoms with Gasteiger partial charge in [0.2, 0.25) is 0 Å². The summed E-state index contributed by atoms with van der Waals surface area (Å²) in [6.45, 7) is 0.582. The van der Waals surface area contributed by atoms with E-state index < -0.39 is 23.8 Å². The Labute approximate surface area is 136 Å². The molecule has 0 saturated heterocycles. The van der Waals surface area contributed by atoms with Gasteiger partial charge in [-0.25, -0.2) is 0 Å². The lowest BCUT2D eigenvalue weighted by Crippen LogP contribution is -2.32. The lowest BCUT2D eigenvalue weighted by Gasteiger charge is -2.24. The van der Waals surface area contributed by atoms with Crippen LogP contribution in [0.25, 0.3) is 0 Å². The molecule has 0 spiro atoms. The fraction of sp³-hybridized carbons (Fsp3) is 0.294. The fourth-order valence-electron chi connectivity index (χ4n) is 2.87. The van der Waals surface area contributed by atoms with Crippen LogP contribution in [0, 0.1) is 0 Å². The monoisotopic (exact) mass is 336 g/mol. The Morgan fingerprint density at radius 3 is 2.62 bits per heavy atom. The summed E-state index contributed by atoms with van der Waals surface area (Å²) < 4.78 is 44.8. The minimum absolute atomic E-state index is 0.179. The number of amides is 1. The summed E-state index contributed by atoms with van der Waals surface area (Å²) in [6, 6.07) is 8.59. The van der Waals surface area contributed by atoms with Crippen molar-refractivity contribution in [2.75, 3.05) is 7.11 Å². The summed E-state index contributed by atoms with van der Waals surface area (Å²) in [5.74, 6) is -0.507. The lowest BCUT2D eigenvalue weighted by atomic mass is 10.0. The Bertz CT molecular complexity index is 736. The molecular formula is C17H15F3N2O2. The zero-order valence-electron chi connectivity index (χ0n) is 12.9. The summed E-state index contributed by atoms with van der Waals surface area (Å²) in [5, 5.41) is 0. The van der Waals surface area contributed by atoms with E-state index in [1.807, 2.05) is 6.07 Å². The molecule has 1 aromatic heterocycles. The molecule has 0 saturated carbocycles. The zero-order chi connectivity index (χ0) is 17.3. The summed E-state index contributed by atoms with van der Waals surface area (Å²) >= 11 is 0. The molecule has 126 valence electrons. The maximum absolute atomic E-state index is 13.2. The number of benzene rings is 1. The molecular weight excluding hydrogens is 321 g/mol. The van der Waals surface area contributed by atoms with E-state index in [0.717, 1.165) is 17.3 Å². The maximum Gasteiger partial charge on any atom is 0.416 e. The average molecular weight is 336 g/mol. The van der Waals surface area contributed by atoms with E-state index in [-0.39, 0.29) is 12.1 Å². The van der Waals surface area contributed by atoms with Crippen molar-refractivity contribution in [3.63, 3.8) is 0 Å². The number of pyridine rings is 1. The smallest absolute Gasteiger partial charge is 0.367 e. The van der Waals surface area contributed by atoms with Gasteiger partial charge in [0, 0.05) is 25.4 Å². The molecule has 0 bridgehead atoms. The Balaban J connectivity index is 1.90. The van der Waals surface area contributed by atoms with Crippen molar-refractivity contribution in [3.8, 4) is 0 Å². The predicted molar refractivity (Wildman–Crippen MR) is 79.7 cm³/mol. The molecule has 2 aromatic rings. The first-order chi connectivity index (χ1) is 11.4. The van der Waals surface area contributed by atoms with Crippen LogP contribution in [0.1, 0.15) is 28.5 Å². The third-order valence-electron chi connectivity index (χ3n) is 4.01. The van der Waals surface area contributed by atoms with Gasteiger partial charge in [-0.15, -0.1) is 0 Å². The van der Waals surface area contributed by atoms with E-state index in [1.54, 1.807) is 12.3 Å². The van der Waals surface area contributed by atoms with Crippen molar-refractivity contribution in [1.82, 2.24) is 9.88 Å². The molecule has 1 unspecified atom stereocenters. The highest BCUT2D eigenvalue weighted by Crippen LogP contribution is 2.36. The highest BCUT2D eigenvalue weighted by molar-refractivity contribution is 5.83. The van der Waals surface area contributed by atoms with Gasteiger partial charge in [-0.2, -0.15) is 13.2 Å². The Hall–Kier alpha value is -2.41. The number of carbonyl (C=O) groups excluding carboxylic acids is 1. The van der Waals surface area contributed by atoms with Crippen LogP contribution in [0.2, 0.25) is 0 Å². The van der Waals surface area contributed by atoms with E-state index in [2.05, 4.69) is 4.98 Å². The standard InChI is InChI=1S/C17H15F3N2O2/c1-24-15(12-6-2-3-7-13(12)17(18,19)20)16(23)22-9-11-5-4-8-21-14(11)10-22/h2-8,15H,9-10H2,1H3. The van der Waals surface area contributed by atoms with Gasteiger partial charge in [-0.3, -0.25) is 9.78 Å². The minimum atomic E-state index is -4.55. The summed E-state index contributed by atoms with van der Waals surface area (Å²) in [5.41, 5.74) is 0.607. The molecule has 24 heavy (non-hydrogen) atoms. The van der Waals surface area contributed by atoms with Gasteiger partial charge in [-0.1, -0.05) is 24.3 Å². The molecule has 7 heteroatoms. The number of hydrogen-bond donors (Lipinski definition) is 0. The van der Waals surface area contributed by atoms with Crippen molar-refractivity contribution in [3.05, 3.63) is 65.0 Å². The van der Waals surface area contributed by atoms with E-state index in [0.29, 0.717) is 6.54 Å². The Morgan fingerprint density at radius 1 is 1.21 bits per heavy atom. The second-order valence-corrected chi connectivity index (χ2v) is 5.50. The largest absolute Gasteiger partial charge is 0.416 e. The van der Waals surface area contributed by atoms with Crippen LogP contribution in [0.4, 0.5) is 13.2 Å². The third kappa shape index (κ3) is 2.99. The molecule has 1 aromatic carbocycles. The van der Waals surface area contributed by atoms with Gasteiger partial charge in [0.25, 0.3) is 5.91 Å². The van der Waals surface area contributed by atoms with Gasteiger partial charge < -0.3 is 9.64 Å². The minimum Gasteiger partial charge on any atom is -0.367 e. The highest BCUT2D eigenvalue weighted by Gasteiger charge is 2.38. The molecule has 1 amide bonds. The number of halogens is 3. The van der Waals surface area contributed by atoms with Crippen molar-refractivity contribution in [2.24, 2.45) is 0 Å². The second-order valence-electron chi connectivity index (χ2n) is 5.50. The average Bonchev–Trinajstić information content (AvgIpc) is 2.99. The summed E-state index contributed by atoms with van der Waals surface area (Å²) in [4.78, 5) is 18.4. The molecule has 1 aliphatic heterocycles. The van der Waals surface area contributed by atoms with Crippen LogP contribution in [-0.2, 0) is 28.8 Å². The number of ether oxygens (including phenoxy) is 1. The molecule has 0 radical (unpaired) electrons. The van der Waals surface area contributed by atoms with E-state index >= 15 is 0 Å². The fourth-order valence-corrected chi connectivity index (χ4v) is 2.87. The van der Waals surface area contributed by atoms with Crippen molar-refractivity contribution >= 4 is 5.91 Å². The zero-order valence-corrected chi connectivity index (χ0v) is 12.9. The molecule has 0 N–H and O–H groups in total. The lowest BCUT2D eigenvalue weighted by molar-refractivity contribution is -0.146. The third-order valence-corrected chi connectivity index (χ3v) is 4.01. The number of rotatable bonds is 3. The molecule has 3 rings (SSSR count). The van der Waals surface area contributed by atoms with Gasteiger partial charge >= 0.3 is 6.18 Å². The van der Waals surface area contributed by atoms with Crippen molar-refractivity contribution in [2.45, 2.75) is 25.4 Å². The van der Waals surface area contributed by atoms with E-state index in [9.17, 15) is 18.0 Å². The number of fused-ring (bicyclic) bond motifs is 1. The van der Waals surface area contributed by atoms with E-state index in [4.69, 9.17) is 4.74 Å². The number of carbonyl (C=O) groups is 1.